The van der Waals surface area contributed by atoms with Crippen molar-refractivity contribution >= 4 is 11.9 Å². The molecule has 0 spiro atoms. The molecule has 0 saturated carbocycles. The van der Waals surface area contributed by atoms with Gasteiger partial charge in [-0.15, -0.1) is 0 Å². The van der Waals surface area contributed by atoms with E-state index in [1.54, 1.807) is 6.08 Å². The number of amides is 1. The van der Waals surface area contributed by atoms with Gasteiger partial charge in [-0.3, -0.25) is 9.59 Å². The highest BCUT2D eigenvalue weighted by Crippen LogP contribution is 2.19. The lowest BCUT2D eigenvalue weighted by atomic mass is 10.0. The number of allylic oxidation sites excluding steroid dienone is 9. The molecular formula is C79H147NO5. The molecule has 0 aromatic rings. The standard InChI is InChI=1S/C79H147NO5/c1-3-5-7-9-11-13-15-17-19-20-21-22-23-31-34-37-40-44-47-51-55-59-63-67-71-77(82)76(75-81)80-78(83)72-68-64-60-56-52-48-45-41-38-35-32-29-27-25-24-26-28-30-33-36-39-42-46-50-54-58-62-66-70-74-85-79(84)73-69-65-61-57-53-49-43-18-16-14-12-10-8-6-4-2/h12,14,18,24,26,30,33,43,67,71,76-77,81-82H,3-11,13,15-17,19-23,25,27-29,31-32,34-42,44-66,68-70,72-75H2,1-2H3,(H,80,83)/b14-12-,26-24-,33-30-,43-18-,71-67+. The number of unbranched alkanes of at least 4 members (excludes halogenated alkanes) is 52. The van der Waals surface area contributed by atoms with Crippen LogP contribution in [-0.2, 0) is 14.3 Å². The van der Waals surface area contributed by atoms with E-state index in [9.17, 15) is 19.8 Å². The molecular weight excluding hydrogens is 1040 g/mol. The van der Waals surface area contributed by atoms with E-state index in [-0.39, 0.29) is 18.5 Å². The number of rotatable bonds is 71. The van der Waals surface area contributed by atoms with Crippen molar-refractivity contribution < 1.29 is 24.5 Å². The van der Waals surface area contributed by atoms with Crippen molar-refractivity contribution in [1.29, 1.82) is 0 Å². The molecule has 0 radical (unpaired) electrons. The summed E-state index contributed by atoms with van der Waals surface area (Å²) >= 11 is 0. The Kier molecular flexibility index (Phi) is 71.9. The first-order chi connectivity index (χ1) is 42.0. The SMILES string of the molecule is CCCCC/C=C\C/C=C\CCCCCCCC(=O)OCCCCCCCCCCC/C=C\C/C=C\CCCCCCCCCCCCCCCC(=O)NC(CO)C(O)/C=C/CCCCCCCCCCCCCCCCCCCCCCCC. The van der Waals surface area contributed by atoms with E-state index >= 15 is 0 Å². The Hall–Kier alpha value is -2.44. The fourth-order valence-corrected chi connectivity index (χ4v) is 11.7. The third-order valence-electron chi connectivity index (χ3n) is 17.5. The molecule has 0 saturated heterocycles. The molecule has 0 rings (SSSR count). The average Bonchev–Trinajstić information content (AvgIpc) is 3.51. The van der Waals surface area contributed by atoms with Crippen molar-refractivity contribution in [2.24, 2.45) is 0 Å². The number of carbonyl (C=O) groups is 2. The quantitative estimate of drug-likeness (QED) is 0.0320. The molecule has 2 unspecified atom stereocenters. The van der Waals surface area contributed by atoms with E-state index in [1.165, 1.54) is 321 Å². The summed E-state index contributed by atoms with van der Waals surface area (Å²) in [6.07, 6.45) is 98.9. The molecule has 6 nitrogen and oxygen atoms in total. The van der Waals surface area contributed by atoms with Gasteiger partial charge >= 0.3 is 5.97 Å². The summed E-state index contributed by atoms with van der Waals surface area (Å²) in [5.74, 6) is -0.0676. The number of ether oxygens (including phenoxy) is 1. The van der Waals surface area contributed by atoms with Crippen LogP contribution in [0.1, 0.15) is 406 Å². The topological polar surface area (TPSA) is 95.9 Å². The van der Waals surface area contributed by atoms with Crippen LogP contribution in [-0.4, -0.2) is 47.4 Å². The van der Waals surface area contributed by atoms with Gasteiger partial charge in [-0.25, -0.2) is 0 Å². The fraction of sp³-hybridized carbons (Fsp3) is 0.848. The number of carbonyl (C=O) groups excluding carboxylic acids is 2. The van der Waals surface area contributed by atoms with Crippen LogP contribution in [0.15, 0.2) is 60.8 Å². The van der Waals surface area contributed by atoms with Crippen molar-refractivity contribution in [2.75, 3.05) is 13.2 Å². The van der Waals surface area contributed by atoms with Gasteiger partial charge in [-0.2, -0.15) is 0 Å². The highest BCUT2D eigenvalue weighted by Gasteiger charge is 2.18. The number of aliphatic hydroxyl groups is 2. The summed E-state index contributed by atoms with van der Waals surface area (Å²) in [6, 6.07) is -0.631. The predicted octanol–water partition coefficient (Wildman–Crippen LogP) is 25.0. The number of hydrogen-bond acceptors (Lipinski definition) is 5. The minimum atomic E-state index is -0.848. The molecule has 498 valence electrons. The molecule has 3 N–H and O–H groups in total. The second kappa shape index (κ2) is 74.0. The Labute approximate surface area is 530 Å². The summed E-state index contributed by atoms with van der Waals surface area (Å²) in [7, 11) is 0. The normalized spacial score (nSPS) is 12.8. The first-order valence-corrected chi connectivity index (χ1v) is 38.1. The summed E-state index contributed by atoms with van der Waals surface area (Å²) in [6.45, 7) is 4.90. The van der Waals surface area contributed by atoms with E-state index < -0.39 is 12.1 Å². The van der Waals surface area contributed by atoms with Crippen molar-refractivity contribution in [1.82, 2.24) is 5.32 Å². The summed E-state index contributed by atoms with van der Waals surface area (Å²) < 4.78 is 5.48. The number of aliphatic hydroxyl groups excluding tert-OH is 2. The van der Waals surface area contributed by atoms with Gasteiger partial charge in [-0.1, -0.05) is 357 Å². The van der Waals surface area contributed by atoms with Crippen LogP contribution in [0.3, 0.4) is 0 Å². The zero-order chi connectivity index (χ0) is 61.3. The molecule has 0 bridgehead atoms. The molecule has 0 fully saturated rings. The zero-order valence-corrected chi connectivity index (χ0v) is 57.1. The van der Waals surface area contributed by atoms with Gasteiger partial charge in [0.05, 0.1) is 25.4 Å². The van der Waals surface area contributed by atoms with Gasteiger partial charge in [-0.05, 0) is 96.3 Å². The van der Waals surface area contributed by atoms with Gasteiger partial charge in [0, 0.05) is 12.8 Å². The zero-order valence-electron chi connectivity index (χ0n) is 57.1. The third-order valence-corrected chi connectivity index (χ3v) is 17.5. The van der Waals surface area contributed by atoms with E-state index in [0.29, 0.717) is 19.4 Å². The van der Waals surface area contributed by atoms with Crippen molar-refractivity contribution in [3.63, 3.8) is 0 Å². The summed E-state index contributed by atoms with van der Waals surface area (Å²) in [5, 5.41) is 23.3. The maximum Gasteiger partial charge on any atom is 0.305 e. The Balaban J connectivity index is 3.44. The molecule has 85 heavy (non-hydrogen) atoms. The summed E-state index contributed by atoms with van der Waals surface area (Å²) in [4.78, 5) is 24.6. The van der Waals surface area contributed by atoms with Crippen LogP contribution in [0.5, 0.6) is 0 Å². The lowest BCUT2D eigenvalue weighted by Crippen LogP contribution is -2.45. The lowest BCUT2D eigenvalue weighted by Gasteiger charge is -2.20. The second-order valence-corrected chi connectivity index (χ2v) is 26.0. The number of esters is 1. The Morgan fingerprint density at radius 3 is 0.918 bits per heavy atom. The van der Waals surface area contributed by atoms with Crippen molar-refractivity contribution in [3.05, 3.63) is 60.8 Å². The Morgan fingerprint density at radius 2 is 0.588 bits per heavy atom. The predicted molar refractivity (Wildman–Crippen MR) is 375 cm³/mol. The van der Waals surface area contributed by atoms with Crippen LogP contribution < -0.4 is 5.32 Å². The monoisotopic (exact) mass is 1190 g/mol. The first-order valence-electron chi connectivity index (χ1n) is 38.1. The highest BCUT2D eigenvalue weighted by molar-refractivity contribution is 5.76. The maximum atomic E-state index is 12.5. The second-order valence-electron chi connectivity index (χ2n) is 26.0. The van der Waals surface area contributed by atoms with Gasteiger partial charge in [0.2, 0.25) is 5.91 Å². The van der Waals surface area contributed by atoms with E-state index in [1.807, 2.05) is 6.08 Å². The maximum absolute atomic E-state index is 12.5. The molecule has 1 amide bonds. The molecule has 0 aromatic heterocycles. The smallest absolute Gasteiger partial charge is 0.305 e. The Bertz CT molecular complexity index is 1470. The molecule has 2 atom stereocenters. The van der Waals surface area contributed by atoms with E-state index in [2.05, 4.69) is 67.8 Å². The van der Waals surface area contributed by atoms with Crippen LogP contribution in [0.4, 0.5) is 0 Å². The highest BCUT2D eigenvalue weighted by atomic mass is 16.5. The number of nitrogens with one attached hydrogen (secondary N) is 1. The van der Waals surface area contributed by atoms with Crippen LogP contribution in [0.25, 0.3) is 0 Å². The molecule has 6 heteroatoms. The van der Waals surface area contributed by atoms with Gasteiger partial charge in [0.25, 0.3) is 0 Å². The molecule has 0 aliphatic rings. The molecule has 0 aliphatic heterocycles. The number of hydrogen-bond donors (Lipinski definition) is 3. The van der Waals surface area contributed by atoms with Crippen molar-refractivity contribution in [3.8, 4) is 0 Å². The van der Waals surface area contributed by atoms with E-state index in [0.717, 1.165) is 57.8 Å². The molecule has 0 heterocycles. The van der Waals surface area contributed by atoms with Crippen molar-refractivity contribution in [2.45, 2.75) is 418 Å². The average molecular weight is 1190 g/mol. The first kappa shape index (κ1) is 82.6. The Morgan fingerprint density at radius 1 is 0.329 bits per heavy atom. The van der Waals surface area contributed by atoms with Crippen LogP contribution >= 0.6 is 0 Å². The molecule has 0 aliphatic carbocycles. The summed E-state index contributed by atoms with van der Waals surface area (Å²) in [5.41, 5.74) is 0. The van der Waals surface area contributed by atoms with Crippen LogP contribution in [0.2, 0.25) is 0 Å². The fourth-order valence-electron chi connectivity index (χ4n) is 11.7. The minimum absolute atomic E-state index is 0.00226. The third kappa shape index (κ3) is 70.5. The van der Waals surface area contributed by atoms with Gasteiger partial charge in [0.1, 0.15) is 0 Å². The largest absolute Gasteiger partial charge is 0.466 e. The lowest BCUT2D eigenvalue weighted by molar-refractivity contribution is -0.143. The van der Waals surface area contributed by atoms with Gasteiger partial charge in [0.15, 0.2) is 0 Å². The van der Waals surface area contributed by atoms with E-state index in [4.69, 9.17) is 4.74 Å². The van der Waals surface area contributed by atoms with Crippen LogP contribution in [0, 0.1) is 0 Å². The van der Waals surface area contributed by atoms with Gasteiger partial charge < -0.3 is 20.3 Å². The minimum Gasteiger partial charge on any atom is -0.466 e. The molecule has 0 aromatic carbocycles.